The number of carbonyl (C=O) groups excluding carboxylic acids is 1. The van der Waals surface area contributed by atoms with Gasteiger partial charge in [-0.05, 0) is 44.9 Å². The minimum atomic E-state index is -0.0787. The number of hydrogen-bond donors (Lipinski definition) is 0. The number of aryl methyl sites for hydroxylation is 2. The number of carbonyl (C=O) groups is 1. The van der Waals surface area contributed by atoms with Crippen molar-refractivity contribution in [3.63, 3.8) is 0 Å². The Bertz CT molecular complexity index is 842. The maximum absolute atomic E-state index is 13.0. The SMILES string of the molecule is COCc1c(C(=O)N2CCCC(CCc3noc(C4CCOCC4)n3)C2)noc1C. The van der Waals surface area contributed by atoms with Gasteiger partial charge in [-0.1, -0.05) is 10.3 Å². The number of methoxy groups -OCH3 is 1. The molecule has 30 heavy (non-hydrogen) atoms. The summed E-state index contributed by atoms with van der Waals surface area (Å²) in [5.74, 6) is 2.77. The molecule has 1 atom stereocenters. The zero-order valence-corrected chi connectivity index (χ0v) is 17.8. The molecule has 1 unspecified atom stereocenters. The first-order chi connectivity index (χ1) is 14.7. The molecule has 0 spiro atoms. The molecule has 0 radical (unpaired) electrons. The van der Waals surface area contributed by atoms with Gasteiger partial charge in [0.1, 0.15) is 5.76 Å². The summed E-state index contributed by atoms with van der Waals surface area (Å²) in [6.07, 6.45) is 5.64. The predicted molar refractivity (Wildman–Crippen MR) is 106 cm³/mol. The van der Waals surface area contributed by atoms with Crippen molar-refractivity contribution in [1.82, 2.24) is 20.2 Å². The van der Waals surface area contributed by atoms with Crippen LogP contribution in [0.25, 0.3) is 0 Å². The van der Waals surface area contributed by atoms with Gasteiger partial charge in [0.15, 0.2) is 11.5 Å². The standard InChI is InChI=1S/C21H30N4O5/c1-14-17(13-27-2)19(24-29-14)21(26)25-9-3-4-15(12-25)5-6-18-22-20(30-23-18)16-7-10-28-11-8-16/h15-16H,3-13H2,1-2H3. The average molecular weight is 418 g/mol. The van der Waals surface area contributed by atoms with Crippen molar-refractivity contribution in [3.05, 3.63) is 28.7 Å². The quantitative estimate of drug-likeness (QED) is 0.676. The molecule has 164 valence electrons. The number of aromatic nitrogens is 3. The highest BCUT2D eigenvalue weighted by atomic mass is 16.5. The van der Waals surface area contributed by atoms with Gasteiger partial charge in [0, 0.05) is 45.8 Å². The van der Waals surface area contributed by atoms with Gasteiger partial charge in [0.25, 0.3) is 5.91 Å². The third-order valence-electron chi connectivity index (χ3n) is 6.11. The summed E-state index contributed by atoms with van der Waals surface area (Å²) < 4.78 is 21.3. The molecule has 2 aromatic heterocycles. The van der Waals surface area contributed by atoms with Crippen molar-refractivity contribution < 1.29 is 23.3 Å². The Morgan fingerprint density at radius 1 is 1.20 bits per heavy atom. The van der Waals surface area contributed by atoms with E-state index in [-0.39, 0.29) is 5.91 Å². The lowest BCUT2D eigenvalue weighted by molar-refractivity contribution is 0.0653. The lowest BCUT2D eigenvalue weighted by atomic mass is 9.93. The third kappa shape index (κ3) is 4.73. The number of amides is 1. The van der Waals surface area contributed by atoms with Gasteiger partial charge >= 0.3 is 0 Å². The molecule has 9 nitrogen and oxygen atoms in total. The Hall–Kier alpha value is -2.26. The van der Waals surface area contributed by atoms with Crippen molar-refractivity contribution in [3.8, 4) is 0 Å². The molecular weight excluding hydrogens is 388 g/mol. The Kier molecular flexibility index (Phi) is 6.79. The van der Waals surface area contributed by atoms with Gasteiger partial charge in [0.05, 0.1) is 12.2 Å². The molecular formula is C21H30N4O5. The second kappa shape index (κ2) is 9.70. The summed E-state index contributed by atoms with van der Waals surface area (Å²) in [6, 6.07) is 0. The number of ether oxygens (including phenoxy) is 2. The van der Waals surface area contributed by atoms with Crippen LogP contribution in [0.5, 0.6) is 0 Å². The summed E-state index contributed by atoms with van der Waals surface area (Å²) in [5.41, 5.74) is 1.10. The summed E-state index contributed by atoms with van der Waals surface area (Å²) >= 11 is 0. The highest BCUT2D eigenvalue weighted by molar-refractivity contribution is 5.93. The van der Waals surface area contributed by atoms with E-state index in [1.807, 2.05) is 4.90 Å². The highest BCUT2D eigenvalue weighted by Crippen LogP contribution is 2.27. The molecule has 0 bridgehead atoms. The van der Waals surface area contributed by atoms with Crippen LogP contribution in [-0.2, 0) is 22.5 Å². The van der Waals surface area contributed by atoms with Gasteiger partial charge in [-0.15, -0.1) is 0 Å². The zero-order chi connectivity index (χ0) is 20.9. The molecule has 2 fully saturated rings. The number of piperidine rings is 1. The Morgan fingerprint density at radius 3 is 2.83 bits per heavy atom. The molecule has 2 aliphatic heterocycles. The van der Waals surface area contributed by atoms with E-state index in [0.717, 1.165) is 75.6 Å². The van der Waals surface area contributed by atoms with Crippen LogP contribution in [0.1, 0.15) is 71.5 Å². The highest BCUT2D eigenvalue weighted by Gasteiger charge is 2.29. The van der Waals surface area contributed by atoms with Gasteiger partial charge in [-0.3, -0.25) is 4.79 Å². The summed E-state index contributed by atoms with van der Waals surface area (Å²) in [7, 11) is 1.60. The molecule has 2 aliphatic rings. The van der Waals surface area contributed by atoms with E-state index < -0.39 is 0 Å². The maximum atomic E-state index is 13.0. The van der Waals surface area contributed by atoms with Gasteiger partial charge in [0.2, 0.25) is 5.89 Å². The second-order valence-corrected chi connectivity index (χ2v) is 8.23. The number of hydrogen-bond acceptors (Lipinski definition) is 8. The Morgan fingerprint density at radius 2 is 2.03 bits per heavy atom. The zero-order valence-electron chi connectivity index (χ0n) is 17.8. The molecule has 2 aromatic rings. The van der Waals surface area contributed by atoms with Crippen LogP contribution in [0.3, 0.4) is 0 Å². The molecule has 0 N–H and O–H groups in total. The van der Waals surface area contributed by atoms with Crippen LogP contribution >= 0.6 is 0 Å². The van der Waals surface area contributed by atoms with E-state index >= 15 is 0 Å². The Labute approximate surface area is 176 Å². The summed E-state index contributed by atoms with van der Waals surface area (Å²) in [6.45, 7) is 5.08. The molecule has 2 saturated heterocycles. The van der Waals surface area contributed by atoms with Crippen molar-refractivity contribution >= 4 is 5.91 Å². The first kappa shape index (κ1) is 21.0. The van der Waals surface area contributed by atoms with E-state index in [1.165, 1.54) is 0 Å². The van der Waals surface area contributed by atoms with E-state index in [9.17, 15) is 4.79 Å². The van der Waals surface area contributed by atoms with Crippen molar-refractivity contribution in [2.75, 3.05) is 33.4 Å². The van der Waals surface area contributed by atoms with Gasteiger partial charge in [-0.25, -0.2) is 0 Å². The van der Waals surface area contributed by atoms with Gasteiger partial charge in [-0.2, -0.15) is 4.98 Å². The van der Waals surface area contributed by atoms with Crippen LogP contribution in [0.15, 0.2) is 9.05 Å². The van der Waals surface area contributed by atoms with E-state index in [2.05, 4.69) is 15.3 Å². The minimum Gasteiger partial charge on any atom is -0.381 e. The molecule has 4 heterocycles. The number of likely N-dealkylation sites (tertiary alicyclic amines) is 1. The lowest BCUT2D eigenvalue weighted by Crippen LogP contribution is -2.40. The molecule has 4 rings (SSSR count). The average Bonchev–Trinajstić information content (AvgIpc) is 3.40. The topological polar surface area (TPSA) is 104 Å². The predicted octanol–water partition coefficient (Wildman–Crippen LogP) is 2.89. The molecule has 0 saturated carbocycles. The van der Waals surface area contributed by atoms with Crippen LogP contribution in [-0.4, -0.2) is 59.5 Å². The normalized spacial score (nSPS) is 20.6. The Balaban J connectivity index is 1.32. The fraction of sp³-hybridized carbons (Fsp3) is 0.714. The first-order valence-electron chi connectivity index (χ1n) is 10.8. The monoisotopic (exact) mass is 418 g/mol. The third-order valence-corrected chi connectivity index (χ3v) is 6.11. The fourth-order valence-corrected chi connectivity index (χ4v) is 4.32. The molecule has 1 amide bonds. The van der Waals surface area contributed by atoms with Crippen molar-refractivity contribution in [2.24, 2.45) is 5.92 Å². The summed E-state index contributed by atoms with van der Waals surface area (Å²) in [4.78, 5) is 19.5. The van der Waals surface area contributed by atoms with Crippen LogP contribution in [0, 0.1) is 12.8 Å². The maximum Gasteiger partial charge on any atom is 0.276 e. The van der Waals surface area contributed by atoms with Crippen molar-refractivity contribution in [2.45, 2.75) is 58.0 Å². The lowest BCUT2D eigenvalue weighted by Gasteiger charge is -2.32. The fourth-order valence-electron chi connectivity index (χ4n) is 4.32. The van der Waals surface area contributed by atoms with E-state index in [1.54, 1.807) is 14.0 Å². The van der Waals surface area contributed by atoms with Crippen LogP contribution in [0.4, 0.5) is 0 Å². The van der Waals surface area contributed by atoms with Gasteiger partial charge < -0.3 is 23.4 Å². The molecule has 0 aromatic carbocycles. The summed E-state index contributed by atoms with van der Waals surface area (Å²) in [5, 5.41) is 8.16. The number of rotatable bonds is 7. The van der Waals surface area contributed by atoms with E-state index in [0.29, 0.717) is 36.4 Å². The minimum absolute atomic E-state index is 0.0787. The largest absolute Gasteiger partial charge is 0.381 e. The first-order valence-corrected chi connectivity index (χ1v) is 10.8. The van der Waals surface area contributed by atoms with E-state index in [4.69, 9.17) is 18.5 Å². The molecule has 0 aliphatic carbocycles. The van der Waals surface area contributed by atoms with Crippen LogP contribution < -0.4 is 0 Å². The number of nitrogens with zero attached hydrogens (tertiary/aromatic N) is 4. The smallest absolute Gasteiger partial charge is 0.276 e. The molecule has 9 heteroatoms. The van der Waals surface area contributed by atoms with Crippen LogP contribution in [0.2, 0.25) is 0 Å². The van der Waals surface area contributed by atoms with Crippen molar-refractivity contribution in [1.29, 1.82) is 0 Å². The second-order valence-electron chi connectivity index (χ2n) is 8.23.